The molecule has 0 saturated carbocycles. The molecule has 120 valence electrons. The van der Waals surface area contributed by atoms with Crippen LogP contribution in [0, 0.1) is 0 Å². The molecule has 0 saturated heterocycles. The Labute approximate surface area is 149 Å². The standard InChI is InChI=1S/C20H17NOS2/c22-19(9-8-15-5-2-1-3-6-15)21-12-10-17-16(11-14-24-17)20(21)18-7-4-13-23-18/h1-9,11,13-14,20H,10,12H2/b9-8+/t20-/m0/s1. The predicted molar refractivity (Wildman–Crippen MR) is 101 cm³/mol. The molecule has 1 aliphatic heterocycles. The van der Waals surface area contributed by atoms with Crippen molar-refractivity contribution in [3.05, 3.63) is 86.2 Å². The highest BCUT2D eigenvalue weighted by atomic mass is 32.1. The van der Waals surface area contributed by atoms with Crippen LogP contribution in [0.15, 0.2) is 65.4 Å². The van der Waals surface area contributed by atoms with E-state index in [9.17, 15) is 4.79 Å². The van der Waals surface area contributed by atoms with Gasteiger partial charge in [-0.2, -0.15) is 0 Å². The van der Waals surface area contributed by atoms with Gasteiger partial charge in [0.05, 0.1) is 6.04 Å². The Balaban J connectivity index is 1.64. The molecule has 3 heterocycles. The molecule has 0 spiro atoms. The van der Waals surface area contributed by atoms with Crippen LogP contribution in [-0.4, -0.2) is 17.4 Å². The molecule has 1 atom stereocenters. The van der Waals surface area contributed by atoms with Gasteiger partial charge in [0.1, 0.15) is 0 Å². The van der Waals surface area contributed by atoms with Gasteiger partial charge in [0.2, 0.25) is 5.91 Å². The van der Waals surface area contributed by atoms with Crippen molar-refractivity contribution in [3.63, 3.8) is 0 Å². The Morgan fingerprint density at radius 3 is 2.71 bits per heavy atom. The molecule has 0 radical (unpaired) electrons. The van der Waals surface area contributed by atoms with E-state index in [1.165, 1.54) is 15.3 Å². The van der Waals surface area contributed by atoms with E-state index in [1.54, 1.807) is 28.7 Å². The van der Waals surface area contributed by atoms with Crippen LogP contribution in [0.4, 0.5) is 0 Å². The lowest BCUT2D eigenvalue weighted by Gasteiger charge is -2.34. The van der Waals surface area contributed by atoms with Gasteiger partial charge >= 0.3 is 0 Å². The molecular weight excluding hydrogens is 334 g/mol. The number of rotatable bonds is 3. The van der Waals surface area contributed by atoms with Crippen molar-refractivity contribution in [2.24, 2.45) is 0 Å². The summed E-state index contributed by atoms with van der Waals surface area (Å²) < 4.78 is 0. The molecule has 0 aliphatic carbocycles. The third kappa shape index (κ3) is 2.95. The lowest BCUT2D eigenvalue weighted by atomic mass is 9.98. The normalized spacial score (nSPS) is 17.2. The Morgan fingerprint density at radius 2 is 1.92 bits per heavy atom. The fourth-order valence-electron chi connectivity index (χ4n) is 3.13. The molecule has 0 unspecified atom stereocenters. The summed E-state index contributed by atoms with van der Waals surface area (Å²) in [6.45, 7) is 0.772. The molecule has 2 aromatic heterocycles. The zero-order valence-corrected chi connectivity index (χ0v) is 14.7. The highest BCUT2D eigenvalue weighted by Crippen LogP contribution is 2.39. The summed E-state index contributed by atoms with van der Waals surface area (Å²) in [5, 5.41) is 4.22. The largest absolute Gasteiger partial charge is 0.327 e. The number of hydrogen-bond acceptors (Lipinski definition) is 3. The van der Waals surface area contributed by atoms with E-state index in [0.29, 0.717) is 0 Å². The van der Waals surface area contributed by atoms with Crippen molar-refractivity contribution in [2.75, 3.05) is 6.54 Å². The summed E-state index contributed by atoms with van der Waals surface area (Å²) >= 11 is 3.52. The second-order valence-corrected chi connectivity index (χ2v) is 7.72. The molecule has 0 N–H and O–H groups in total. The Hall–Kier alpha value is -2.17. The quantitative estimate of drug-likeness (QED) is 0.608. The van der Waals surface area contributed by atoms with Gasteiger partial charge in [-0.1, -0.05) is 36.4 Å². The molecule has 1 aromatic carbocycles. The van der Waals surface area contributed by atoms with Crippen LogP contribution in [0.1, 0.15) is 26.9 Å². The Kier molecular flexibility index (Phi) is 4.32. The molecule has 4 rings (SSSR count). The van der Waals surface area contributed by atoms with Gasteiger partial charge in [0.15, 0.2) is 0 Å². The number of nitrogens with zero attached hydrogens (tertiary/aromatic N) is 1. The first kappa shape index (κ1) is 15.4. The van der Waals surface area contributed by atoms with Crippen molar-refractivity contribution >= 4 is 34.7 Å². The minimum Gasteiger partial charge on any atom is -0.327 e. The molecule has 3 aromatic rings. The number of thiophene rings is 2. The van der Waals surface area contributed by atoms with E-state index in [-0.39, 0.29) is 11.9 Å². The van der Waals surface area contributed by atoms with Crippen molar-refractivity contribution < 1.29 is 4.79 Å². The highest BCUT2D eigenvalue weighted by molar-refractivity contribution is 7.10. The second-order valence-electron chi connectivity index (χ2n) is 5.74. The molecule has 0 bridgehead atoms. The van der Waals surface area contributed by atoms with Crippen molar-refractivity contribution in [1.82, 2.24) is 4.90 Å². The molecule has 24 heavy (non-hydrogen) atoms. The number of fused-ring (bicyclic) bond motifs is 1. The fraction of sp³-hybridized carbons (Fsp3) is 0.150. The minimum atomic E-state index is 0.0490. The lowest BCUT2D eigenvalue weighted by molar-refractivity contribution is -0.127. The summed E-state index contributed by atoms with van der Waals surface area (Å²) in [6, 6.07) is 16.4. The summed E-state index contributed by atoms with van der Waals surface area (Å²) in [5.74, 6) is 0.0779. The van der Waals surface area contributed by atoms with Crippen molar-refractivity contribution in [2.45, 2.75) is 12.5 Å². The molecule has 0 fully saturated rings. The van der Waals surface area contributed by atoms with Crippen LogP contribution < -0.4 is 0 Å². The average molecular weight is 351 g/mol. The van der Waals surface area contributed by atoms with Gasteiger partial charge < -0.3 is 4.90 Å². The number of carbonyl (C=O) groups excluding carboxylic acids is 1. The van der Waals surface area contributed by atoms with Crippen LogP contribution in [0.3, 0.4) is 0 Å². The molecule has 2 nitrogen and oxygen atoms in total. The van der Waals surface area contributed by atoms with E-state index < -0.39 is 0 Å². The predicted octanol–water partition coefficient (Wildman–Crippen LogP) is 5.00. The van der Waals surface area contributed by atoms with E-state index in [1.807, 2.05) is 41.3 Å². The maximum atomic E-state index is 12.9. The highest BCUT2D eigenvalue weighted by Gasteiger charge is 2.32. The van der Waals surface area contributed by atoms with E-state index in [0.717, 1.165) is 18.5 Å². The number of carbonyl (C=O) groups is 1. The second kappa shape index (κ2) is 6.75. The zero-order valence-electron chi connectivity index (χ0n) is 13.1. The van der Waals surface area contributed by atoms with E-state index in [4.69, 9.17) is 0 Å². The molecule has 1 amide bonds. The third-order valence-corrected chi connectivity index (χ3v) is 6.20. The minimum absolute atomic E-state index is 0.0490. The maximum absolute atomic E-state index is 12.9. The van der Waals surface area contributed by atoms with E-state index in [2.05, 4.69) is 29.0 Å². The first-order chi connectivity index (χ1) is 11.8. The van der Waals surface area contributed by atoms with Gasteiger partial charge in [-0.25, -0.2) is 0 Å². The van der Waals surface area contributed by atoms with Crippen LogP contribution in [0.5, 0.6) is 0 Å². The Morgan fingerprint density at radius 1 is 1.04 bits per heavy atom. The molecular formula is C20H17NOS2. The fourth-order valence-corrected chi connectivity index (χ4v) is 4.89. The summed E-state index contributed by atoms with van der Waals surface area (Å²) in [6.07, 6.45) is 4.55. The maximum Gasteiger partial charge on any atom is 0.247 e. The third-order valence-electron chi connectivity index (χ3n) is 4.28. The van der Waals surface area contributed by atoms with Gasteiger partial charge in [-0.15, -0.1) is 22.7 Å². The smallest absolute Gasteiger partial charge is 0.247 e. The van der Waals surface area contributed by atoms with Crippen LogP contribution in [-0.2, 0) is 11.2 Å². The van der Waals surface area contributed by atoms with Gasteiger partial charge in [-0.3, -0.25) is 4.79 Å². The van der Waals surface area contributed by atoms with Crippen molar-refractivity contribution in [3.8, 4) is 0 Å². The number of amides is 1. The van der Waals surface area contributed by atoms with Crippen molar-refractivity contribution in [1.29, 1.82) is 0 Å². The topological polar surface area (TPSA) is 20.3 Å². The number of hydrogen-bond donors (Lipinski definition) is 0. The van der Waals surface area contributed by atoms with Gasteiger partial charge in [-0.05, 0) is 46.5 Å². The first-order valence-electron chi connectivity index (χ1n) is 7.96. The van der Waals surface area contributed by atoms with Gasteiger partial charge in [0.25, 0.3) is 0 Å². The Bertz CT molecular complexity index is 849. The van der Waals surface area contributed by atoms with Crippen LogP contribution >= 0.6 is 22.7 Å². The zero-order chi connectivity index (χ0) is 16.4. The van der Waals surface area contributed by atoms with E-state index >= 15 is 0 Å². The SMILES string of the molecule is O=C(/C=C/c1ccccc1)N1CCc2sccc2[C@H]1c1cccs1. The molecule has 4 heteroatoms. The monoisotopic (exact) mass is 351 g/mol. The summed E-state index contributed by atoms with van der Waals surface area (Å²) in [7, 11) is 0. The number of benzene rings is 1. The summed E-state index contributed by atoms with van der Waals surface area (Å²) in [5.41, 5.74) is 2.34. The first-order valence-corrected chi connectivity index (χ1v) is 9.72. The van der Waals surface area contributed by atoms with Crippen LogP contribution in [0.25, 0.3) is 6.08 Å². The summed E-state index contributed by atoms with van der Waals surface area (Å²) in [4.78, 5) is 17.5. The average Bonchev–Trinajstić information content (AvgIpc) is 3.31. The lowest BCUT2D eigenvalue weighted by Crippen LogP contribution is -2.38. The van der Waals surface area contributed by atoms with Crippen LogP contribution in [0.2, 0.25) is 0 Å². The molecule has 1 aliphatic rings. The van der Waals surface area contributed by atoms with Gasteiger partial charge in [0, 0.05) is 22.4 Å².